The largest absolute Gasteiger partial charge is 0.0767 e. The summed E-state index contributed by atoms with van der Waals surface area (Å²) in [6, 6.07) is 9.13. The molecular weight excluding hydrogens is 259 g/mol. The Morgan fingerprint density at radius 2 is 1.45 bits per heavy atom. The number of hydrogen-bond acceptors (Lipinski definition) is 0. The molecule has 0 saturated heterocycles. The van der Waals surface area contributed by atoms with E-state index in [1.54, 1.807) is 5.30 Å². The molecule has 2 aliphatic rings. The van der Waals surface area contributed by atoms with E-state index in [0.717, 1.165) is 5.66 Å². The zero-order chi connectivity index (χ0) is 13.8. The Hall–Kier alpha value is -0.610. The lowest BCUT2D eigenvalue weighted by molar-refractivity contribution is 0.508. The lowest BCUT2D eigenvalue weighted by atomic mass is 10.0. The maximum absolute atomic E-state index is 2.61. The third-order valence-electron chi connectivity index (χ3n) is 5.35. The lowest BCUT2D eigenvalue weighted by Crippen LogP contribution is -2.21. The zero-order valence-corrected chi connectivity index (χ0v) is 13.7. The van der Waals surface area contributed by atoms with Crippen molar-refractivity contribution in [2.24, 2.45) is 0 Å². The molecule has 0 bridgehead atoms. The van der Waals surface area contributed by atoms with Gasteiger partial charge in [0.15, 0.2) is 0 Å². The van der Waals surface area contributed by atoms with Crippen molar-refractivity contribution >= 4 is 18.6 Å². The lowest BCUT2D eigenvalue weighted by Gasteiger charge is -2.37. The molecule has 3 rings (SSSR count). The highest BCUT2D eigenvalue weighted by molar-refractivity contribution is 7.86. The third kappa shape index (κ3) is 2.86. The predicted molar refractivity (Wildman–Crippen MR) is 93.3 cm³/mol. The van der Waals surface area contributed by atoms with Gasteiger partial charge in [-0.05, 0) is 36.0 Å². The summed E-state index contributed by atoms with van der Waals surface area (Å²) in [5, 5.41) is 1.68. The Morgan fingerprint density at radius 1 is 0.850 bits per heavy atom. The van der Waals surface area contributed by atoms with Gasteiger partial charge in [-0.1, -0.05) is 88.4 Å². The van der Waals surface area contributed by atoms with E-state index in [9.17, 15) is 0 Å². The van der Waals surface area contributed by atoms with E-state index in [0.29, 0.717) is 0 Å². The molecule has 1 aromatic carbocycles. The fraction of sp³-hybridized carbons (Fsp3) is 0.579. The molecule has 0 nitrogen and oxygen atoms in total. The van der Waals surface area contributed by atoms with Crippen LogP contribution in [0.15, 0.2) is 30.1 Å². The van der Waals surface area contributed by atoms with E-state index in [2.05, 4.69) is 42.8 Å². The van der Waals surface area contributed by atoms with Crippen LogP contribution in [0.3, 0.4) is 0 Å². The van der Waals surface area contributed by atoms with Gasteiger partial charge in [0.1, 0.15) is 0 Å². The quantitative estimate of drug-likeness (QED) is 0.569. The van der Waals surface area contributed by atoms with E-state index in [4.69, 9.17) is 0 Å². The van der Waals surface area contributed by atoms with Gasteiger partial charge in [-0.25, -0.2) is 0 Å². The average Bonchev–Trinajstić information content (AvgIpc) is 2.84. The topological polar surface area (TPSA) is 0 Å². The molecule has 1 fully saturated rings. The van der Waals surface area contributed by atoms with Gasteiger partial charge in [0.05, 0.1) is 0 Å². The predicted octanol–water partition coefficient (Wildman–Crippen LogP) is 5.84. The summed E-state index contributed by atoms with van der Waals surface area (Å²) in [6.07, 6.45) is 15.6. The summed E-state index contributed by atoms with van der Waals surface area (Å²) in [7, 11) is -1.05. The van der Waals surface area contributed by atoms with E-state index < -0.39 is 7.26 Å². The first-order valence-corrected chi connectivity index (χ1v) is 10.8. The van der Waals surface area contributed by atoms with Crippen LogP contribution in [0.2, 0.25) is 0 Å². The highest BCUT2D eigenvalue weighted by Crippen LogP contribution is 2.66. The third-order valence-corrected chi connectivity index (χ3v) is 9.60. The van der Waals surface area contributed by atoms with Crippen molar-refractivity contribution in [2.45, 2.75) is 63.4 Å². The monoisotopic (exact) mass is 287 g/mol. The van der Waals surface area contributed by atoms with Crippen molar-refractivity contribution in [3.63, 3.8) is 0 Å². The molecule has 1 aromatic rings. The second-order valence-corrected chi connectivity index (χ2v) is 10.5. The first kappa shape index (κ1) is 14.3. The Bertz CT molecular complexity index is 466. The zero-order valence-electron chi connectivity index (χ0n) is 12.9. The summed E-state index contributed by atoms with van der Waals surface area (Å²) in [5.74, 6) is 2.61. The first-order chi connectivity index (χ1) is 9.81. The molecule has 0 N–H and O–H groups in total. The molecular formula is C19H28P. The van der Waals surface area contributed by atoms with Gasteiger partial charge < -0.3 is 0 Å². The standard InChI is InChI=1S/C19H28P/c1-20(16-15-17-11-9-10-14-19(17)20)18-12-7-5-3-2-4-6-8-13-18/h9-11,14-16,18H,2-8,12-13H2,1H3. The van der Waals surface area contributed by atoms with Crippen molar-refractivity contribution in [3.8, 4) is 0 Å². The van der Waals surface area contributed by atoms with Crippen LogP contribution in [-0.2, 0) is 0 Å². The number of hydrogen-bond donors (Lipinski definition) is 0. The van der Waals surface area contributed by atoms with Crippen molar-refractivity contribution in [3.05, 3.63) is 35.6 Å². The molecule has 0 aromatic heterocycles. The number of fused-ring (bicyclic) bond motifs is 1. The Morgan fingerprint density at radius 3 is 2.15 bits per heavy atom. The smallest absolute Gasteiger partial charge is 0.0172 e. The second kappa shape index (κ2) is 6.44. The number of rotatable bonds is 1. The summed E-state index contributed by atoms with van der Waals surface area (Å²) in [5.41, 5.74) is 2.45. The minimum Gasteiger partial charge on any atom is -0.0767 e. The fourth-order valence-electron chi connectivity index (χ4n) is 4.03. The van der Waals surface area contributed by atoms with Crippen molar-refractivity contribution in [1.82, 2.24) is 0 Å². The van der Waals surface area contributed by atoms with Crippen LogP contribution >= 0.6 is 7.26 Å². The molecule has 0 amide bonds. The Labute approximate surface area is 125 Å². The summed E-state index contributed by atoms with van der Waals surface area (Å²) in [4.78, 5) is 0. The Kier molecular flexibility index (Phi) is 4.61. The molecule has 1 aliphatic carbocycles. The Balaban J connectivity index is 1.80. The molecule has 1 saturated carbocycles. The number of benzene rings is 1. The van der Waals surface area contributed by atoms with Crippen LogP contribution in [-0.4, -0.2) is 12.3 Å². The van der Waals surface area contributed by atoms with Crippen molar-refractivity contribution < 1.29 is 0 Å². The molecule has 1 heteroatoms. The van der Waals surface area contributed by atoms with E-state index in [1.807, 2.05) is 0 Å². The average molecular weight is 287 g/mol. The second-order valence-electron chi connectivity index (χ2n) is 6.73. The van der Waals surface area contributed by atoms with E-state index in [1.165, 1.54) is 63.4 Å². The fourth-order valence-corrected chi connectivity index (χ4v) is 7.84. The summed E-state index contributed by atoms with van der Waals surface area (Å²) < 4.78 is 0. The van der Waals surface area contributed by atoms with Crippen molar-refractivity contribution in [1.29, 1.82) is 0 Å². The molecule has 20 heavy (non-hydrogen) atoms. The van der Waals surface area contributed by atoms with Gasteiger partial charge in [0.2, 0.25) is 0 Å². The van der Waals surface area contributed by atoms with Crippen molar-refractivity contribution in [2.75, 3.05) is 6.66 Å². The van der Waals surface area contributed by atoms with E-state index in [-0.39, 0.29) is 0 Å². The summed E-state index contributed by atoms with van der Waals surface area (Å²) >= 11 is 0. The molecule has 1 unspecified atom stereocenters. The maximum Gasteiger partial charge on any atom is -0.0172 e. The van der Waals surface area contributed by atoms with Crippen LogP contribution in [0.25, 0.3) is 6.08 Å². The molecule has 1 atom stereocenters. The molecule has 0 spiro atoms. The minimum absolute atomic E-state index is 0.945. The molecule has 109 valence electrons. The highest BCUT2D eigenvalue weighted by Gasteiger charge is 2.34. The summed E-state index contributed by atoms with van der Waals surface area (Å²) in [6.45, 7) is 2.59. The van der Waals surface area contributed by atoms with Gasteiger partial charge in [-0.2, -0.15) is 0 Å². The van der Waals surface area contributed by atoms with E-state index >= 15 is 0 Å². The van der Waals surface area contributed by atoms with Crippen LogP contribution < -0.4 is 5.30 Å². The first-order valence-electron chi connectivity index (χ1n) is 8.45. The van der Waals surface area contributed by atoms with Gasteiger partial charge >= 0.3 is 0 Å². The molecule has 1 heterocycles. The van der Waals surface area contributed by atoms with Crippen LogP contribution in [0.4, 0.5) is 0 Å². The van der Waals surface area contributed by atoms with Gasteiger partial charge in [0.25, 0.3) is 0 Å². The molecule has 1 aliphatic heterocycles. The molecule has 1 radical (unpaired) electrons. The van der Waals surface area contributed by atoms with Gasteiger partial charge in [0, 0.05) is 0 Å². The van der Waals surface area contributed by atoms with Gasteiger partial charge in [-0.3, -0.25) is 0 Å². The van der Waals surface area contributed by atoms with Gasteiger partial charge in [-0.15, -0.1) is 0 Å². The van der Waals surface area contributed by atoms with Crippen LogP contribution in [0.1, 0.15) is 63.4 Å². The minimum atomic E-state index is -1.05. The van der Waals surface area contributed by atoms with Crippen LogP contribution in [0.5, 0.6) is 0 Å². The highest BCUT2D eigenvalue weighted by atomic mass is 31.2. The maximum atomic E-state index is 2.61. The normalized spacial score (nSPS) is 28.2. The SMILES string of the molecule is C[P]1(C2CCCCCCCCC2)C=Cc2ccccc21. The van der Waals surface area contributed by atoms with Crippen LogP contribution in [0, 0.1) is 0 Å².